The highest BCUT2D eigenvalue weighted by Gasteiger charge is 2.58. The molecule has 6 rings (SSSR count). The summed E-state index contributed by atoms with van der Waals surface area (Å²) >= 11 is 0. The number of aromatic nitrogens is 3. The van der Waals surface area contributed by atoms with Crippen molar-refractivity contribution in [3.8, 4) is 22.5 Å². The van der Waals surface area contributed by atoms with Gasteiger partial charge in [-0.15, -0.1) is 12.4 Å². The van der Waals surface area contributed by atoms with Gasteiger partial charge in [0.1, 0.15) is 11.8 Å². The summed E-state index contributed by atoms with van der Waals surface area (Å²) in [5.41, 5.74) is 3.11. The third kappa shape index (κ3) is 7.75. The number of nitrogens with one attached hydrogen (secondary N) is 1. The maximum atomic E-state index is 13.5. The first kappa shape index (κ1) is 33.1. The monoisotopic (exact) mass is 634 g/mol. The zero-order chi connectivity index (χ0) is 30.5. The van der Waals surface area contributed by atoms with E-state index in [0.29, 0.717) is 30.3 Å². The van der Waals surface area contributed by atoms with Gasteiger partial charge < -0.3 is 19.5 Å². The van der Waals surface area contributed by atoms with E-state index in [1.54, 1.807) is 6.20 Å². The molecule has 1 saturated carbocycles. The number of nitrogens with zero attached hydrogens (tertiary/aromatic N) is 5. The zero-order valence-electron chi connectivity index (χ0n) is 26.7. The SMILES string of the molecule is CCC(=O)CCCCC[C@H](NC(=O)[C@H]1CC12CCN(CC)CC2)c1ncc(-c2ccc(-c3cnc(N4CCC4)nc3)cc2)o1.Cl. The number of benzene rings is 1. The molecule has 3 fully saturated rings. The molecule has 2 atom stereocenters. The molecule has 1 spiro atoms. The van der Waals surface area contributed by atoms with E-state index in [1.165, 1.54) is 6.42 Å². The zero-order valence-corrected chi connectivity index (χ0v) is 27.5. The van der Waals surface area contributed by atoms with Crippen LogP contribution in [0.2, 0.25) is 0 Å². The van der Waals surface area contributed by atoms with Crippen molar-refractivity contribution >= 4 is 30.0 Å². The minimum Gasteiger partial charge on any atom is -0.438 e. The van der Waals surface area contributed by atoms with Gasteiger partial charge in [-0.25, -0.2) is 15.0 Å². The van der Waals surface area contributed by atoms with Crippen LogP contribution in [-0.2, 0) is 9.59 Å². The first-order valence-electron chi connectivity index (χ1n) is 16.7. The summed E-state index contributed by atoms with van der Waals surface area (Å²) in [5.74, 6) is 2.54. The van der Waals surface area contributed by atoms with Crippen LogP contribution in [0, 0.1) is 11.3 Å². The lowest BCUT2D eigenvalue weighted by Crippen LogP contribution is -2.38. The van der Waals surface area contributed by atoms with E-state index in [-0.39, 0.29) is 35.7 Å². The lowest BCUT2D eigenvalue weighted by Gasteiger charge is -2.32. The molecule has 1 N–H and O–H groups in total. The van der Waals surface area contributed by atoms with Crippen LogP contribution < -0.4 is 10.2 Å². The summed E-state index contributed by atoms with van der Waals surface area (Å²) in [5, 5.41) is 3.33. The maximum Gasteiger partial charge on any atom is 0.225 e. The van der Waals surface area contributed by atoms with Crippen LogP contribution in [0.1, 0.15) is 90.0 Å². The number of halogens is 1. The fourth-order valence-electron chi connectivity index (χ4n) is 6.70. The minimum absolute atomic E-state index is 0. The Kier molecular flexibility index (Phi) is 10.9. The molecule has 2 aliphatic heterocycles. The van der Waals surface area contributed by atoms with E-state index >= 15 is 0 Å². The predicted molar refractivity (Wildman–Crippen MR) is 178 cm³/mol. The number of hydrogen-bond donors (Lipinski definition) is 1. The molecular weight excluding hydrogens is 588 g/mol. The molecule has 242 valence electrons. The summed E-state index contributed by atoms with van der Waals surface area (Å²) in [6, 6.07) is 7.86. The average Bonchev–Trinajstić information content (AvgIpc) is 3.50. The summed E-state index contributed by atoms with van der Waals surface area (Å²) in [6.45, 7) is 9.41. The van der Waals surface area contributed by atoms with Crippen LogP contribution in [0.3, 0.4) is 0 Å². The highest BCUT2D eigenvalue weighted by molar-refractivity contribution is 5.85. The molecular formula is C35H47ClN6O3. The number of carbonyl (C=O) groups excluding carboxylic acids is 2. The fraction of sp³-hybridized carbons (Fsp3) is 0.571. The van der Waals surface area contributed by atoms with Crippen molar-refractivity contribution in [3.05, 3.63) is 48.7 Å². The van der Waals surface area contributed by atoms with Crippen LogP contribution in [0.5, 0.6) is 0 Å². The third-order valence-electron chi connectivity index (χ3n) is 10.1. The third-order valence-corrected chi connectivity index (χ3v) is 10.1. The number of oxazole rings is 1. The highest BCUT2D eigenvalue weighted by atomic mass is 35.5. The number of Topliss-reactive ketones (excluding diaryl/α,β-unsaturated/α-hetero) is 1. The number of amides is 1. The van der Waals surface area contributed by atoms with E-state index in [1.807, 2.05) is 43.6 Å². The first-order valence-corrected chi connectivity index (χ1v) is 16.7. The van der Waals surface area contributed by atoms with Gasteiger partial charge >= 0.3 is 0 Å². The second kappa shape index (κ2) is 14.9. The van der Waals surface area contributed by atoms with Crippen molar-refractivity contribution in [1.82, 2.24) is 25.2 Å². The Morgan fingerprint density at radius 3 is 2.29 bits per heavy atom. The van der Waals surface area contributed by atoms with Crippen LogP contribution in [0.4, 0.5) is 5.95 Å². The number of anilines is 1. The standard InChI is InChI=1S/C35H46N6O3.ClH/c1-3-28(42)9-6-5-7-10-30(39-32(43)29-21-35(29)15-19-40(4-2)20-16-35)33-36-24-31(44-33)26-13-11-25(12-14-26)27-22-37-34(38-23-27)41-17-8-18-41;/h11-14,22-24,29-30H,3-10,15-21H2,1-2H3,(H,39,43);1H/t29-,30+;/m1./s1. The van der Waals surface area contributed by atoms with Gasteiger partial charge in [-0.1, -0.05) is 51.0 Å². The topological polar surface area (TPSA) is 104 Å². The summed E-state index contributed by atoms with van der Waals surface area (Å²) in [4.78, 5) is 43.6. The molecule has 2 aromatic heterocycles. The van der Waals surface area contributed by atoms with Gasteiger partial charge in [-0.05, 0) is 69.1 Å². The van der Waals surface area contributed by atoms with Crippen molar-refractivity contribution in [3.63, 3.8) is 0 Å². The Bertz CT molecular complexity index is 1410. The number of hydrogen-bond acceptors (Lipinski definition) is 8. The largest absolute Gasteiger partial charge is 0.438 e. The smallest absolute Gasteiger partial charge is 0.225 e. The second-order valence-electron chi connectivity index (χ2n) is 12.9. The van der Waals surface area contributed by atoms with Gasteiger partial charge in [0.05, 0.1) is 6.20 Å². The second-order valence-corrected chi connectivity index (χ2v) is 12.9. The molecule has 45 heavy (non-hydrogen) atoms. The van der Waals surface area contributed by atoms with Crippen molar-refractivity contribution in [2.24, 2.45) is 11.3 Å². The normalized spacial score (nSPS) is 19.4. The van der Waals surface area contributed by atoms with Crippen LogP contribution in [0.25, 0.3) is 22.5 Å². The summed E-state index contributed by atoms with van der Waals surface area (Å²) in [6.07, 6.45) is 14.6. The van der Waals surface area contributed by atoms with E-state index in [9.17, 15) is 9.59 Å². The van der Waals surface area contributed by atoms with Gasteiger partial charge in [0, 0.05) is 55.4 Å². The van der Waals surface area contributed by atoms with Gasteiger partial charge in [-0.3, -0.25) is 9.59 Å². The summed E-state index contributed by atoms with van der Waals surface area (Å²) < 4.78 is 6.30. The van der Waals surface area contributed by atoms with Gasteiger partial charge in [0.25, 0.3) is 0 Å². The van der Waals surface area contributed by atoms with Crippen molar-refractivity contribution < 1.29 is 14.0 Å². The Labute approximate surface area is 273 Å². The number of carbonyl (C=O) groups is 2. The summed E-state index contributed by atoms with van der Waals surface area (Å²) in [7, 11) is 0. The molecule has 9 nitrogen and oxygen atoms in total. The Hall–Kier alpha value is -3.30. The van der Waals surface area contributed by atoms with Crippen molar-refractivity contribution in [2.45, 2.75) is 84.1 Å². The van der Waals surface area contributed by atoms with Crippen LogP contribution in [0.15, 0.2) is 47.3 Å². The Morgan fingerprint density at radius 2 is 1.64 bits per heavy atom. The molecule has 2 saturated heterocycles. The molecule has 3 aliphatic rings. The van der Waals surface area contributed by atoms with Gasteiger partial charge in [-0.2, -0.15) is 0 Å². The Balaban J connectivity index is 0.00000400. The average molecular weight is 635 g/mol. The minimum atomic E-state index is -0.284. The highest BCUT2D eigenvalue weighted by Crippen LogP contribution is 2.59. The molecule has 0 radical (unpaired) electrons. The van der Waals surface area contributed by atoms with Crippen LogP contribution >= 0.6 is 12.4 Å². The quantitative estimate of drug-likeness (QED) is 0.197. The van der Waals surface area contributed by atoms with Crippen molar-refractivity contribution in [1.29, 1.82) is 0 Å². The number of piperidine rings is 1. The predicted octanol–water partition coefficient (Wildman–Crippen LogP) is 6.64. The number of ketones is 1. The number of unbranched alkanes of at least 4 members (excludes halogenated alkanes) is 2. The molecule has 1 aliphatic carbocycles. The maximum absolute atomic E-state index is 13.5. The first-order chi connectivity index (χ1) is 21.5. The lowest BCUT2D eigenvalue weighted by molar-refractivity contribution is -0.124. The van der Waals surface area contributed by atoms with Gasteiger partial charge in [0.15, 0.2) is 5.76 Å². The molecule has 10 heteroatoms. The molecule has 3 aromatic rings. The number of rotatable bonds is 14. The molecule has 1 aromatic carbocycles. The lowest BCUT2D eigenvalue weighted by atomic mass is 9.90. The van der Waals surface area contributed by atoms with Crippen LogP contribution in [-0.4, -0.2) is 64.3 Å². The van der Waals surface area contributed by atoms with E-state index in [0.717, 1.165) is 100 Å². The molecule has 4 heterocycles. The van der Waals surface area contributed by atoms with Gasteiger partial charge in [0.2, 0.25) is 17.7 Å². The van der Waals surface area contributed by atoms with E-state index < -0.39 is 0 Å². The molecule has 0 bridgehead atoms. The molecule has 1 amide bonds. The van der Waals surface area contributed by atoms with Crippen molar-refractivity contribution in [2.75, 3.05) is 37.6 Å². The fourth-order valence-corrected chi connectivity index (χ4v) is 6.70. The number of likely N-dealkylation sites (tertiary alicyclic amines) is 1. The Morgan fingerprint density at radius 1 is 0.933 bits per heavy atom. The van der Waals surface area contributed by atoms with E-state index in [4.69, 9.17) is 4.42 Å². The molecule has 0 unspecified atom stereocenters. The van der Waals surface area contributed by atoms with E-state index in [2.05, 4.69) is 37.0 Å².